The van der Waals surface area contributed by atoms with Crippen LogP contribution < -0.4 is 5.32 Å². The van der Waals surface area contributed by atoms with Gasteiger partial charge in [-0.1, -0.05) is 56.7 Å². The van der Waals surface area contributed by atoms with E-state index in [0.29, 0.717) is 17.7 Å². The molecule has 4 rings (SSSR count). The molecule has 3 atom stereocenters. The van der Waals surface area contributed by atoms with Gasteiger partial charge in [0.2, 0.25) is 11.7 Å². The average Bonchev–Trinajstić information content (AvgIpc) is 3.28. The summed E-state index contributed by atoms with van der Waals surface area (Å²) in [6, 6.07) is 17.7. The number of nitriles is 1. The summed E-state index contributed by atoms with van der Waals surface area (Å²) >= 11 is 1.55. The molecule has 3 aromatic rings. The lowest BCUT2D eigenvalue weighted by Gasteiger charge is -2.21. The second-order valence-electron chi connectivity index (χ2n) is 8.34. The maximum atomic E-state index is 13.5. The van der Waals surface area contributed by atoms with Crippen molar-refractivity contribution in [2.75, 3.05) is 0 Å². The van der Waals surface area contributed by atoms with E-state index in [0.717, 1.165) is 21.8 Å². The molecule has 0 aliphatic carbocycles. The Labute approximate surface area is 207 Å². The molecular weight excluding hydrogens is 464 g/mol. The van der Waals surface area contributed by atoms with Gasteiger partial charge in [-0.05, 0) is 24.1 Å². The van der Waals surface area contributed by atoms with Gasteiger partial charge in [0.15, 0.2) is 5.92 Å². The van der Waals surface area contributed by atoms with Crippen LogP contribution in [0.2, 0.25) is 0 Å². The quantitative estimate of drug-likeness (QED) is 0.361. The third kappa shape index (κ3) is 4.57. The average molecular weight is 489 g/mol. The van der Waals surface area contributed by atoms with Crippen molar-refractivity contribution < 1.29 is 19.5 Å². The highest BCUT2D eigenvalue weighted by Crippen LogP contribution is 2.43. The molecule has 9 heteroatoms. The number of carboxylic acid groups (broad SMARTS) is 1. The highest BCUT2D eigenvalue weighted by Gasteiger charge is 2.37. The van der Waals surface area contributed by atoms with Crippen molar-refractivity contribution in [2.45, 2.75) is 37.0 Å². The number of nitrogens with one attached hydrogen (secondary N) is 1. The summed E-state index contributed by atoms with van der Waals surface area (Å²) in [5.41, 5.74) is 3.09. The van der Waals surface area contributed by atoms with Crippen molar-refractivity contribution >= 4 is 29.4 Å². The van der Waals surface area contributed by atoms with E-state index in [4.69, 9.17) is 0 Å². The zero-order chi connectivity index (χ0) is 25.1. The van der Waals surface area contributed by atoms with Crippen molar-refractivity contribution in [3.8, 4) is 23.0 Å². The summed E-state index contributed by atoms with van der Waals surface area (Å²) in [5.74, 6) is -4.53. The number of para-hydroxylation sites is 1. The maximum absolute atomic E-state index is 13.5. The summed E-state index contributed by atoms with van der Waals surface area (Å²) < 4.78 is 1.67. The van der Waals surface area contributed by atoms with Crippen LogP contribution >= 0.6 is 11.8 Å². The molecule has 1 amide bonds. The SMILES string of the molecule is CCC(C)C(NC(=O)C(C#N)C(=O)c1nn(-c2ccccc2)c2c1CSc1ccccc1-2)C(=O)O. The Morgan fingerprint density at radius 1 is 1.17 bits per heavy atom. The Morgan fingerprint density at radius 3 is 2.51 bits per heavy atom. The second-order valence-corrected chi connectivity index (χ2v) is 9.36. The first-order valence-electron chi connectivity index (χ1n) is 11.2. The molecule has 2 aromatic carbocycles. The number of carbonyl (C=O) groups is 3. The van der Waals surface area contributed by atoms with Crippen LogP contribution in [0.25, 0.3) is 16.9 Å². The molecule has 3 unspecified atom stereocenters. The predicted octanol–water partition coefficient (Wildman–Crippen LogP) is 4.08. The van der Waals surface area contributed by atoms with Gasteiger partial charge in [0.05, 0.1) is 17.5 Å². The number of carboxylic acids is 1. The Morgan fingerprint density at radius 2 is 1.86 bits per heavy atom. The number of rotatable bonds is 8. The fraction of sp³-hybridized carbons (Fsp3) is 0.269. The van der Waals surface area contributed by atoms with Gasteiger partial charge in [0, 0.05) is 21.8 Å². The van der Waals surface area contributed by atoms with E-state index in [2.05, 4.69) is 10.4 Å². The highest BCUT2D eigenvalue weighted by atomic mass is 32.2. The molecule has 0 saturated heterocycles. The first-order chi connectivity index (χ1) is 16.9. The van der Waals surface area contributed by atoms with Crippen LogP contribution in [0.1, 0.15) is 36.3 Å². The van der Waals surface area contributed by atoms with Gasteiger partial charge < -0.3 is 10.4 Å². The van der Waals surface area contributed by atoms with Crippen LogP contribution in [0.5, 0.6) is 0 Å². The number of hydrogen-bond acceptors (Lipinski definition) is 6. The maximum Gasteiger partial charge on any atom is 0.326 e. The van der Waals surface area contributed by atoms with Crippen molar-refractivity contribution in [3.63, 3.8) is 0 Å². The van der Waals surface area contributed by atoms with E-state index < -0.39 is 29.6 Å². The fourth-order valence-corrected chi connectivity index (χ4v) is 5.12. The number of ketones is 1. The number of amides is 1. The minimum Gasteiger partial charge on any atom is -0.480 e. The molecule has 0 radical (unpaired) electrons. The third-order valence-corrected chi connectivity index (χ3v) is 7.26. The summed E-state index contributed by atoms with van der Waals surface area (Å²) in [6.07, 6.45) is 0.508. The smallest absolute Gasteiger partial charge is 0.326 e. The molecule has 2 N–H and O–H groups in total. The monoisotopic (exact) mass is 488 g/mol. The minimum absolute atomic E-state index is 0.0444. The van der Waals surface area contributed by atoms with Gasteiger partial charge in [-0.2, -0.15) is 10.4 Å². The van der Waals surface area contributed by atoms with Crippen LogP contribution in [-0.4, -0.2) is 38.6 Å². The van der Waals surface area contributed by atoms with Crippen LogP contribution in [0.3, 0.4) is 0 Å². The number of Topliss-reactive ketones (excluding diaryl/α,β-unsaturated/α-hetero) is 1. The molecule has 178 valence electrons. The lowest BCUT2D eigenvalue weighted by molar-refractivity contribution is -0.143. The normalized spacial score (nSPS) is 14.5. The molecule has 0 saturated carbocycles. The zero-order valence-electron chi connectivity index (χ0n) is 19.3. The Bertz CT molecular complexity index is 1330. The Kier molecular flexibility index (Phi) is 7.03. The van der Waals surface area contributed by atoms with Crippen molar-refractivity contribution in [2.24, 2.45) is 11.8 Å². The summed E-state index contributed by atoms with van der Waals surface area (Å²) in [6.45, 7) is 3.49. The number of fused-ring (bicyclic) bond motifs is 3. The number of aliphatic carboxylic acids is 1. The van der Waals surface area contributed by atoms with Crippen LogP contribution in [0, 0.1) is 23.2 Å². The van der Waals surface area contributed by atoms with Crippen LogP contribution in [0.15, 0.2) is 59.5 Å². The van der Waals surface area contributed by atoms with Crippen molar-refractivity contribution in [3.05, 3.63) is 65.9 Å². The van der Waals surface area contributed by atoms with Gasteiger partial charge in [-0.15, -0.1) is 11.8 Å². The van der Waals surface area contributed by atoms with E-state index >= 15 is 0 Å². The summed E-state index contributed by atoms with van der Waals surface area (Å²) in [4.78, 5) is 39.1. The van der Waals surface area contributed by atoms with Crippen LogP contribution in [-0.2, 0) is 15.3 Å². The zero-order valence-corrected chi connectivity index (χ0v) is 20.1. The molecule has 1 aliphatic heterocycles. The molecule has 0 spiro atoms. The predicted molar refractivity (Wildman–Crippen MR) is 131 cm³/mol. The number of nitrogens with zero attached hydrogens (tertiary/aromatic N) is 3. The topological polar surface area (TPSA) is 125 Å². The molecule has 0 bridgehead atoms. The van der Waals surface area contributed by atoms with Crippen molar-refractivity contribution in [1.29, 1.82) is 5.26 Å². The largest absolute Gasteiger partial charge is 0.480 e. The molecule has 1 aliphatic rings. The number of carbonyl (C=O) groups excluding carboxylic acids is 2. The van der Waals surface area contributed by atoms with E-state index in [1.165, 1.54) is 0 Å². The molecule has 2 heterocycles. The summed E-state index contributed by atoms with van der Waals surface area (Å²) in [7, 11) is 0. The van der Waals surface area contributed by atoms with Crippen LogP contribution in [0.4, 0.5) is 0 Å². The molecule has 1 aromatic heterocycles. The second kappa shape index (κ2) is 10.2. The third-order valence-electron chi connectivity index (χ3n) is 6.16. The van der Waals surface area contributed by atoms with E-state index in [1.807, 2.05) is 54.6 Å². The molecule has 8 nitrogen and oxygen atoms in total. The van der Waals surface area contributed by atoms with Gasteiger partial charge in [0.1, 0.15) is 11.7 Å². The van der Waals surface area contributed by atoms with Gasteiger partial charge in [-0.3, -0.25) is 9.59 Å². The van der Waals surface area contributed by atoms with Crippen molar-refractivity contribution in [1.82, 2.24) is 15.1 Å². The standard InChI is InChI=1S/C26H24N4O4S/c1-3-15(2)21(26(33)34)28-25(32)18(13-27)24(31)22-19-14-35-20-12-8-7-11-17(20)23(19)30(29-22)16-9-5-4-6-10-16/h4-12,15,18,21H,3,14H2,1-2H3,(H,28,32)(H,33,34). The number of hydrogen-bond donors (Lipinski definition) is 2. The van der Waals surface area contributed by atoms with E-state index in [-0.39, 0.29) is 11.6 Å². The minimum atomic E-state index is -1.72. The first-order valence-corrected chi connectivity index (χ1v) is 12.2. The van der Waals surface area contributed by atoms with Gasteiger partial charge >= 0.3 is 5.97 Å². The molecular formula is C26H24N4O4S. The van der Waals surface area contributed by atoms with Gasteiger partial charge in [-0.25, -0.2) is 9.48 Å². The number of aromatic nitrogens is 2. The lowest BCUT2D eigenvalue weighted by Crippen LogP contribution is -2.48. The summed E-state index contributed by atoms with van der Waals surface area (Å²) in [5, 5.41) is 26.2. The molecule has 35 heavy (non-hydrogen) atoms. The first kappa shape index (κ1) is 24.2. The molecule has 0 fully saturated rings. The van der Waals surface area contributed by atoms with Gasteiger partial charge in [0.25, 0.3) is 0 Å². The number of benzene rings is 2. The van der Waals surface area contributed by atoms with E-state index in [1.54, 1.807) is 36.4 Å². The number of thioether (sulfide) groups is 1. The highest BCUT2D eigenvalue weighted by molar-refractivity contribution is 7.98. The lowest BCUT2D eigenvalue weighted by atomic mass is 9.95. The Balaban J connectivity index is 1.77. The fourth-order valence-electron chi connectivity index (χ4n) is 4.05. The van der Waals surface area contributed by atoms with E-state index in [9.17, 15) is 24.8 Å². The Hall–Kier alpha value is -3.90.